The van der Waals surface area contributed by atoms with Crippen molar-refractivity contribution in [3.8, 4) is 0 Å². The van der Waals surface area contributed by atoms with Crippen molar-refractivity contribution in [2.75, 3.05) is 0 Å². The third kappa shape index (κ3) is 3.52. The van der Waals surface area contributed by atoms with Crippen molar-refractivity contribution in [2.24, 2.45) is 29.4 Å². The Hall–Kier alpha value is -0.115. The molecule has 124 valence electrons. The molecule has 0 saturated heterocycles. The van der Waals surface area contributed by atoms with Gasteiger partial charge in [0.05, 0.1) is 7.85 Å². The molecular weight excluding hydrogens is 279 g/mol. The highest BCUT2D eigenvalue weighted by molar-refractivity contribution is 6.11. The molecule has 3 saturated carbocycles. The van der Waals surface area contributed by atoms with Gasteiger partial charge in [0.2, 0.25) is 0 Å². The van der Waals surface area contributed by atoms with Gasteiger partial charge in [-0.1, -0.05) is 31.5 Å². The number of hydrogen-bond donors (Lipinski definition) is 1. The van der Waals surface area contributed by atoms with Crippen LogP contribution in [0.15, 0.2) is 0 Å². The Balaban J connectivity index is 1.57. The highest BCUT2D eigenvalue weighted by Crippen LogP contribution is 2.47. The molecule has 4 heteroatoms. The molecular formula is C18H30BF2N. The first kappa shape index (κ1) is 16.7. The topological polar surface area (TPSA) is 26.0 Å². The van der Waals surface area contributed by atoms with E-state index in [0.29, 0.717) is 11.8 Å². The molecule has 2 N–H and O–H groups in total. The van der Waals surface area contributed by atoms with E-state index >= 15 is 0 Å². The molecule has 0 heterocycles. The Morgan fingerprint density at radius 3 is 1.50 bits per heavy atom. The van der Waals surface area contributed by atoms with Crippen LogP contribution in [0.5, 0.6) is 0 Å². The predicted octanol–water partition coefficient (Wildman–Crippen LogP) is 4.35. The van der Waals surface area contributed by atoms with Gasteiger partial charge in [-0.05, 0) is 62.2 Å². The van der Waals surface area contributed by atoms with Crippen molar-refractivity contribution in [1.29, 1.82) is 0 Å². The molecule has 4 atom stereocenters. The smallest absolute Gasteiger partial charge is 0.134 e. The van der Waals surface area contributed by atoms with Crippen molar-refractivity contribution in [3.05, 3.63) is 0 Å². The molecule has 3 rings (SSSR count). The molecule has 0 bridgehead atoms. The molecule has 0 aromatic rings. The zero-order valence-corrected chi connectivity index (χ0v) is 13.6. The molecule has 0 spiro atoms. The van der Waals surface area contributed by atoms with Crippen LogP contribution >= 0.6 is 0 Å². The fourth-order valence-corrected chi connectivity index (χ4v) is 5.31. The van der Waals surface area contributed by atoms with Gasteiger partial charge in [0, 0.05) is 6.04 Å². The third-order valence-corrected chi connectivity index (χ3v) is 6.80. The SMILES string of the molecule is [B]C1CCC(C2CCC(C3CCC(N)CC3)C(F)C2F)CC1. The van der Waals surface area contributed by atoms with Crippen LogP contribution in [0.25, 0.3) is 0 Å². The lowest BCUT2D eigenvalue weighted by molar-refractivity contribution is -0.0329. The monoisotopic (exact) mass is 309 g/mol. The van der Waals surface area contributed by atoms with Gasteiger partial charge < -0.3 is 5.73 Å². The Morgan fingerprint density at radius 2 is 1.05 bits per heavy atom. The normalized spacial score (nSPS) is 50.7. The van der Waals surface area contributed by atoms with Gasteiger partial charge in [-0.3, -0.25) is 0 Å². The number of alkyl halides is 2. The maximum absolute atomic E-state index is 14.8. The predicted molar refractivity (Wildman–Crippen MR) is 87.4 cm³/mol. The summed E-state index contributed by atoms with van der Waals surface area (Å²) in [6, 6.07) is 0.276. The summed E-state index contributed by atoms with van der Waals surface area (Å²) in [6.45, 7) is 0. The van der Waals surface area contributed by atoms with Crippen LogP contribution < -0.4 is 5.73 Å². The van der Waals surface area contributed by atoms with Crippen LogP contribution in [0, 0.1) is 23.7 Å². The summed E-state index contributed by atoms with van der Waals surface area (Å²) in [4.78, 5) is 0. The lowest BCUT2D eigenvalue weighted by Crippen LogP contribution is -2.45. The van der Waals surface area contributed by atoms with Crippen molar-refractivity contribution in [2.45, 2.75) is 88.4 Å². The first-order chi connectivity index (χ1) is 10.6. The summed E-state index contributed by atoms with van der Waals surface area (Å²) >= 11 is 0. The van der Waals surface area contributed by atoms with Crippen molar-refractivity contribution < 1.29 is 8.78 Å². The minimum Gasteiger partial charge on any atom is -0.328 e. The van der Waals surface area contributed by atoms with Crippen molar-refractivity contribution in [3.63, 3.8) is 0 Å². The van der Waals surface area contributed by atoms with E-state index in [1.165, 1.54) is 0 Å². The molecule has 2 radical (unpaired) electrons. The number of rotatable bonds is 2. The Kier molecular flexibility index (Phi) is 5.47. The molecule has 1 nitrogen and oxygen atoms in total. The highest BCUT2D eigenvalue weighted by atomic mass is 19.2. The van der Waals surface area contributed by atoms with E-state index in [1.54, 1.807) is 0 Å². The summed E-state index contributed by atoms with van der Waals surface area (Å²) in [5.41, 5.74) is 5.94. The van der Waals surface area contributed by atoms with E-state index in [4.69, 9.17) is 13.6 Å². The van der Waals surface area contributed by atoms with Gasteiger partial charge >= 0.3 is 0 Å². The van der Waals surface area contributed by atoms with E-state index in [-0.39, 0.29) is 23.7 Å². The second-order valence-corrected chi connectivity index (χ2v) is 8.14. The molecule has 3 fully saturated rings. The zero-order chi connectivity index (χ0) is 15.7. The van der Waals surface area contributed by atoms with Gasteiger partial charge in [-0.25, -0.2) is 8.78 Å². The summed E-state index contributed by atoms with van der Waals surface area (Å²) < 4.78 is 29.5. The number of halogens is 2. The molecule has 3 aliphatic rings. The van der Waals surface area contributed by atoms with Crippen LogP contribution in [0.2, 0.25) is 5.82 Å². The van der Waals surface area contributed by atoms with Gasteiger partial charge in [-0.15, -0.1) is 0 Å². The first-order valence-electron chi connectivity index (χ1n) is 9.35. The lowest BCUT2D eigenvalue weighted by atomic mass is 9.62. The number of hydrogen-bond acceptors (Lipinski definition) is 1. The molecule has 22 heavy (non-hydrogen) atoms. The molecule has 0 aromatic carbocycles. The summed E-state index contributed by atoms with van der Waals surface area (Å²) in [6.07, 6.45) is 7.10. The Morgan fingerprint density at radius 1 is 0.636 bits per heavy atom. The minimum absolute atomic E-state index is 0.0652. The largest absolute Gasteiger partial charge is 0.328 e. The number of nitrogens with two attached hydrogens (primary N) is 1. The van der Waals surface area contributed by atoms with Gasteiger partial charge in [0.25, 0.3) is 0 Å². The van der Waals surface area contributed by atoms with Crippen LogP contribution in [0.1, 0.15) is 64.2 Å². The second-order valence-electron chi connectivity index (χ2n) is 8.14. The maximum atomic E-state index is 14.8. The second kappa shape index (κ2) is 7.19. The Labute approximate surface area is 135 Å². The van der Waals surface area contributed by atoms with Crippen LogP contribution in [-0.2, 0) is 0 Å². The quantitative estimate of drug-likeness (QED) is 0.754. The minimum atomic E-state index is -1.26. The van der Waals surface area contributed by atoms with Crippen LogP contribution in [-0.4, -0.2) is 26.2 Å². The lowest BCUT2D eigenvalue weighted by Gasteiger charge is -2.44. The van der Waals surface area contributed by atoms with Crippen molar-refractivity contribution >= 4 is 7.85 Å². The van der Waals surface area contributed by atoms with E-state index < -0.39 is 12.3 Å². The average Bonchev–Trinajstić information content (AvgIpc) is 2.52. The van der Waals surface area contributed by atoms with Crippen LogP contribution in [0.4, 0.5) is 8.78 Å². The van der Waals surface area contributed by atoms with Gasteiger partial charge in [0.1, 0.15) is 12.3 Å². The van der Waals surface area contributed by atoms with E-state index in [1.807, 2.05) is 0 Å². The highest BCUT2D eigenvalue weighted by Gasteiger charge is 2.46. The zero-order valence-electron chi connectivity index (χ0n) is 13.6. The summed E-state index contributed by atoms with van der Waals surface area (Å²) in [5, 5.41) is 0. The summed E-state index contributed by atoms with van der Waals surface area (Å²) in [7, 11) is 5.94. The van der Waals surface area contributed by atoms with Gasteiger partial charge in [-0.2, -0.15) is 0 Å². The standard InChI is InChI=1S/C18H30BF2N/c19-13-5-1-11(2-6-13)15-9-10-16(18(21)17(15)20)12-3-7-14(22)8-4-12/h11-18H,1-10,22H2. The summed E-state index contributed by atoms with van der Waals surface area (Å²) in [5.74, 6) is 0.857. The fraction of sp³-hybridized carbons (Fsp3) is 1.00. The van der Waals surface area contributed by atoms with Crippen molar-refractivity contribution in [1.82, 2.24) is 0 Å². The van der Waals surface area contributed by atoms with E-state index in [0.717, 1.165) is 64.2 Å². The van der Waals surface area contributed by atoms with E-state index in [9.17, 15) is 8.78 Å². The van der Waals surface area contributed by atoms with E-state index in [2.05, 4.69) is 0 Å². The fourth-order valence-electron chi connectivity index (χ4n) is 5.31. The first-order valence-corrected chi connectivity index (χ1v) is 9.35. The molecule has 0 aliphatic heterocycles. The van der Waals surface area contributed by atoms with Crippen LogP contribution in [0.3, 0.4) is 0 Å². The third-order valence-electron chi connectivity index (χ3n) is 6.80. The Bertz CT molecular complexity index is 317. The average molecular weight is 309 g/mol. The van der Waals surface area contributed by atoms with Gasteiger partial charge in [0.15, 0.2) is 0 Å². The molecule has 0 amide bonds. The maximum Gasteiger partial charge on any atom is 0.134 e. The molecule has 0 aromatic heterocycles. The molecule has 3 aliphatic carbocycles. The molecule has 4 unspecified atom stereocenters.